The Morgan fingerprint density at radius 1 is 1.62 bits per heavy atom. The van der Waals surface area contributed by atoms with Crippen LogP contribution in [0.25, 0.3) is 10.9 Å². The van der Waals surface area contributed by atoms with E-state index in [1.807, 2.05) is 24.0 Å². The van der Waals surface area contributed by atoms with Crippen LogP contribution in [0.4, 0.5) is 0 Å². The van der Waals surface area contributed by atoms with E-state index in [0.717, 1.165) is 24.0 Å². The summed E-state index contributed by atoms with van der Waals surface area (Å²) < 4.78 is 3.87. The molecular weight excluding hydrogens is 366 g/mol. The molecule has 0 unspecified atom stereocenters. The molecule has 0 radical (unpaired) electrons. The molecule has 2 rings (SSSR count). The number of fused-ring (bicyclic) bond motifs is 1. The fourth-order valence-electron chi connectivity index (χ4n) is 1.25. The molecule has 0 amide bonds. The minimum Gasteiger partial charge on any atom is -0.267 e. The Kier molecular flexibility index (Phi) is 2.55. The Hall–Kier alpha value is 0.190. The van der Waals surface area contributed by atoms with Crippen molar-refractivity contribution in [3.05, 3.63) is 25.3 Å². The van der Waals surface area contributed by atoms with Crippen LogP contribution in [0, 0.1) is 3.57 Å². The minimum absolute atomic E-state index is 0.727. The topological polar surface area (TPSA) is 17.8 Å². The predicted octanol–water partition coefficient (Wildman–Crippen LogP) is 3.59. The van der Waals surface area contributed by atoms with E-state index in [-0.39, 0.29) is 0 Å². The summed E-state index contributed by atoms with van der Waals surface area (Å²) in [7, 11) is 1.92. The molecule has 0 aliphatic rings. The van der Waals surface area contributed by atoms with Gasteiger partial charge in [0.1, 0.15) is 0 Å². The molecule has 0 spiro atoms. The van der Waals surface area contributed by atoms with Gasteiger partial charge < -0.3 is 0 Å². The third-order valence-corrected chi connectivity index (χ3v) is 4.07. The monoisotopic (exact) mass is 370 g/mol. The summed E-state index contributed by atoms with van der Waals surface area (Å²) in [6.45, 7) is 0. The molecule has 0 N–H and O–H groups in total. The van der Waals surface area contributed by atoms with Crippen molar-refractivity contribution >= 4 is 61.0 Å². The summed E-state index contributed by atoms with van der Waals surface area (Å²) in [6.07, 6.45) is 1.81. The molecule has 0 saturated heterocycles. The van der Waals surface area contributed by atoms with Crippen molar-refractivity contribution in [3.63, 3.8) is 0 Å². The summed E-state index contributed by atoms with van der Waals surface area (Å²) in [4.78, 5) is 0. The van der Waals surface area contributed by atoms with Crippen molar-refractivity contribution < 1.29 is 0 Å². The van der Waals surface area contributed by atoms with Crippen molar-refractivity contribution in [1.29, 1.82) is 0 Å². The number of nitrogens with zero attached hydrogens (tertiary/aromatic N) is 2. The van der Waals surface area contributed by atoms with Crippen LogP contribution in [0.5, 0.6) is 0 Å². The number of aromatic nitrogens is 2. The van der Waals surface area contributed by atoms with Gasteiger partial charge in [-0.2, -0.15) is 5.10 Å². The maximum absolute atomic E-state index is 6.01. The molecule has 1 aromatic heterocycles. The zero-order valence-corrected chi connectivity index (χ0v) is 11.2. The SMILES string of the molecule is Cn1ncc2c(Br)c(Cl)cc(I)c21. The van der Waals surface area contributed by atoms with Crippen molar-refractivity contribution in [2.75, 3.05) is 0 Å². The van der Waals surface area contributed by atoms with Gasteiger partial charge in [0, 0.05) is 20.5 Å². The second-order valence-corrected chi connectivity index (χ2v) is 5.05. The smallest absolute Gasteiger partial charge is 0.0824 e. The predicted molar refractivity (Wildman–Crippen MR) is 66.1 cm³/mol. The molecular formula is C8H5BrClIN2. The Labute approximate surface area is 103 Å². The number of rotatable bonds is 0. The zero-order valence-electron chi connectivity index (χ0n) is 6.68. The normalized spacial score (nSPS) is 11.1. The first-order valence-corrected chi connectivity index (χ1v) is 5.81. The van der Waals surface area contributed by atoms with E-state index in [1.54, 1.807) is 0 Å². The van der Waals surface area contributed by atoms with E-state index in [0.29, 0.717) is 0 Å². The summed E-state index contributed by atoms with van der Waals surface area (Å²) in [6, 6.07) is 1.93. The Bertz CT molecular complexity index is 480. The minimum atomic E-state index is 0.727. The molecule has 13 heavy (non-hydrogen) atoms. The molecule has 0 bridgehead atoms. The average Bonchev–Trinajstić information content (AvgIpc) is 2.44. The van der Waals surface area contributed by atoms with E-state index < -0.39 is 0 Å². The first-order chi connectivity index (χ1) is 6.11. The first-order valence-electron chi connectivity index (χ1n) is 3.56. The van der Waals surface area contributed by atoms with Gasteiger partial charge in [-0.3, -0.25) is 4.68 Å². The van der Waals surface area contributed by atoms with Crippen LogP contribution in [-0.2, 0) is 7.05 Å². The average molecular weight is 371 g/mol. The van der Waals surface area contributed by atoms with Crippen molar-refractivity contribution in [2.45, 2.75) is 0 Å². The summed E-state index contributed by atoms with van der Waals surface area (Å²) in [5.74, 6) is 0. The third-order valence-electron chi connectivity index (χ3n) is 1.86. The van der Waals surface area contributed by atoms with Crippen LogP contribution in [0.2, 0.25) is 5.02 Å². The number of aryl methyl sites for hydroxylation is 1. The standard InChI is InChI=1S/C8H5BrClIN2/c1-13-8-4(3-12-13)7(9)5(10)2-6(8)11/h2-3H,1H3. The number of hydrogen-bond donors (Lipinski definition) is 0. The van der Waals surface area contributed by atoms with Gasteiger partial charge >= 0.3 is 0 Å². The number of benzene rings is 1. The molecule has 5 heteroatoms. The van der Waals surface area contributed by atoms with E-state index in [1.165, 1.54) is 0 Å². The lowest BCUT2D eigenvalue weighted by atomic mass is 10.2. The Morgan fingerprint density at radius 2 is 2.31 bits per heavy atom. The van der Waals surface area contributed by atoms with Crippen LogP contribution in [0.1, 0.15) is 0 Å². The van der Waals surface area contributed by atoms with Crippen LogP contribution in [0.3, 0.4) is 0 Å². The first kappa shape index (κ1) is 9.73. The zero-order chi connectivity index (χ0) is 9.59. The second kappa shape index (κ2) is 3.40. The van der Waals surface area contributed by atoms with Gasteiger partial charge in [0.05, 0.1) is 16.7 Å². The lowest BCUT2D eigenvalue weighted by Gasteiger charge is -2.01. The van der Waals surface area contributed by atoms with Crippen LogP contribution in [0.15, 0.2) is 16.7 Å². The number of hydrogen-bond acceptors (Lipinski definition) is 1. The summed E-state index contributed by atoms with van der Waals surface area (Å²) in [5.41, 5.74) is 1.11. The van der Waals surface area contributed by atoms with Crippen molar-refractivity contribution in [1.82, 2.24) is 9.78 Å². The Morgan fingerprint density at radius 3 is 3.00 bits per heavy atom. The molecule has 0 atom stereocenters. The molecule has 2 aromatic rings. The van der Waals surface area contributed by atoms with Gasteiger partial charge in [-0.25, -0.2) is 0 Å². The highest BCUT2D eigenvalue weighted by atomic mass is 127. The highest BCUT2D eigenvalue weighted by Gasteiger charge is 2.10. The lowest BCUT2D eigenvalue weighted by molar-refractivity contribution is 0.795. The van der Waals surface area contributed by atoms with E-state index >= 15 is 0 Å². The Balaban J connectivity index is 2.99. The van der Waals surface area contributed by atoms with E-state index in [4.69, 9.17) is 11.6 Å². The quantitative estimate of drug-likeness (QED) is 0.511. The fourth-order valence-corrected chi connectivity index (χ4v) is 3.00. The molecule has 0 aliphatic heterocycles. The molecule has 68 valence electrons. The van der Waals surface area contributed by atoms with E-state index in [9.17, 15) is 0 Å². The highest BCUT2D eigenvalue weighted by molar-refractivity contribution is 14.1. The van der Waals surface area contributed by atoms with Crippen molar-refractivity contribution in [2.24, 2.45) is 7.05 Å². The molecule has 0 aliphatic carbocycles. The largest absolute Gasteiger partial charge is 0.267 e. The maximum atomic E-state index is 6.01. The number of halogens is 3. The van der Waals surface area contributed by atoms with E-state index in [2.05, 4.69) is 43.6 Å². The van der Waals surface area contributed by atoms with Gasteiger partial charge in [-0.1, -0.05) is 11.6 Å². The van der Waals surface area contributed by atoms with Crippen LogP contribution >= 0.6 is 50.1 Å². The molecule has 1 aromatic carbocycles. The molecule has 0 saturated carbocycles. The van der Waals surface area contributed by atoms with Crippen LogP contribution in [-0.4, -0.2) is 9.78 Å². The van der Waals surface area contributed by atoms with Gasteiger partial charge in [0.15, 0.2) is 0 Å². The van der Waals surface area contributed by atoms with Gasteiger partial charge in [-0.15, -0.1) is 0 Å². The molecule has 1 heterocycles. The van der Waals surface area contributed by atoms with Gasteiger partial charge in [0.2, 0.25) is 0 Å². The summed E-state index contributed by atoms with van der Waals surface area (Å²) in [5, 5.41) is 5.96. The van der Waals surface area contributed by atoms with Gasteiger partial charge in [0.25, 0.3) is 0 Å². The molecule has 2 nitrogen and oxygen atoms in total. The van der Waals surface area contributed by atoms with Gasteiger partial charge in [-0.05, 0) is 44.6 Å². The highest BCUT2D eigenvalue weighted by Crippen LogP contribution is 2.33. The van der Waals surface area contributed by atoms with Crippen molar-refractivity contribution in [3.8, 4) is 0 Å². The fraction of sp³-hybridized carbons (Fsp3) is 0.125. The van der Waals surface area contributed by atoms with Crippen LogP contribution < -0.4 is 0 Å². The third kappa shape index (κ3) is 1.49. The summed E-state index contributed by atoms with van der Waals surface area (Å²) >= 11 is 11.7. The maximum Gasteiger partial charge on any atom is 0.0824 e. The molecule has 0 fully saturated rings. The second-order valence-electron chi connectivity index (χ2n) is 2.68. The lowest BCUT2D eigenvalue weighted by Crippen LogP contribution is -1.91.